The van der Waals surface area contributed by atoms with Crippen LogP contribution in [0.25, 0.3) is 0 Å². The van der Waals surface area contributed by atoms with Crippen LogP contribution < -0.4 is 26.6 Å². The van der Waals surface area contributed by atoms with E-state index in [-0.39, 0.29) is 13.2 Å². The lowest BCUT2D eigenvalue weighted by Gasteiger charge is -2.27. The molecule has 15 nitrogen and oxygen atoms in total. The van der Waals surface area contributed by atoms with Crippen molar-refractivity contribution in [1.82, 2.24) is 26.6 Å². The minimum atomic E-state index is -5.27. The zero-order valence-corrected chi connectivity index (χ0v) is 32.1. The molecule has 0 bridgehead atoms. The Morgan fingerprint density at radius 1 is 0.696 bits per heavy atom. The second kappa shape index (κ2) is 22.1. The van der Waals surface area contributed by atoms with Crippen molar-refractivity contribution in [2.75, 3.05) is 13.2 Å². The molecule has 1 unspecified atom stereocenters. The number of halogens is 3. The maximum Gasteiger partial charge on any atom is 0.452 e. The van der Waals surface area contributed by atoms with Gasteiger partial charge in [-0.2, -0.15) is 13.2 Å². The number of benzene rings is 2. The highest BCUT2D eigenvalue weighted by atomic mass is 19.4. The molecule has 0 saturated carbocycles. The number of alkyl halides is 3. The molecule has 0 fully saturated rings. The van der Waals surface area contributed by atoms with Gasteiger partial charge in [-0.3, -0.25) is 28.8 Å². The highest BCUT2D eigenvalue weighted by Gasteiger charge is 2.44. The molecule has 0 heterocycles. The Bertz CT molecular complexity index is 1640. The Morgan fingerprint density at radius 3 is 1.77 bits per heavy atom. The molecule has 0 aliphatic heterocycles. The van der Waals surface area contributed by atoms with E-state index in [0.717, 1.165) is 5.56 Å². The van der Waals surface area contributed by atoms with Crippen LogP contribution in [0.15, 0.2) is 60.7 Å². The lowest BCUT2D eigenvalue weighted by Crippen LogP contribution is -2.58. The fourth-order valence-corrected chi connectivity index (χ4v) is 4.81. The first kappa shape index (κ1) is 46.6. The summed E-state index contributed by atoms with van der Waals surface area (Å²) >= 11 is 0. The van der Waals surface area contributed by atoms with E-state index in [1.165, 1.54) is 6.92 Å². The van der Waals surface area contributed by atoms with Gasteiger partial charge in [0.15, 0.2) is 0 Å². The van der Waals surface area contributed by atoms with Gasteiger partial charge in [-0.1, -0.05) is 81.4 Å². The van der Waals surface area contributed by atoms with Crippen LogP contribution in [0.2, 0.25) is 0 Å². The highest BCUT2D eigenvalue weighted by molar-refractivity contribution is 5.97. The number of nitrogens with one attached hydrogen (secondary N) is 5. The lowest BCUT2D eigenvalue weighted by molar-refractivity contribution is -0.173. The summed E-state index contributed by atoms with van der Waals surface area (Å²) in [6.07, 6.45) is -7.45. The predicted octanol–water partition coefficient (Wildman–Crippen LogP) is 3.00. The van der Waals surface area contributed by atoms with Crippen LogP contribution in [0.4, 0.5) is 18.0 Å². The van der Waals surface area contributed by atoms with Crippen molar-refractivity contribution < 1.29 is 60.9 Å². The molecule has 5 N–H and O–H groups in total. The number of carbonyl (C=O) groups excluding carboxylic acids is 7. The molecule has 18 heteroatoms. The van der Waals surface area contributed by atoms with E-state index in [1.54, 1.807) is 95.3 Å². The van der Waals surface area contributed by atoms with Crippen molar-refractivity contribution in [1.29, 1.82) is 0 Å². The van der Waals surface area contributed by atoms with E-state index in [2.05, 4.69) is 21.3 Å². The van der Waals surface area contributed by atoms with Gasteiger partial charge in [-0.15, -0.1) is 0 Å². The molecule has 56 heavy (non-hydrogen) atoms. The van der Waals surface area contributed by atoms with E-state index in [9.17, 15) is 46.7 Å². The topological polar surface area (TPSA) is 207 Å². The second-order valence-electron chi connectivity index (χ2n) is 13.9. The molecular formula is C38H50F3N5O10. The van der Waals surface area contributed by atoms with Crippen LogP contribution in [0, 0.1) is 5.92 Å². The number of ketones is 1. The Labute approximate surface area is 323 Å². The zero-order chi connectivity index (χ0) is 42.1. The Kier molecular flexibility index (Phi) is 18.4. The van der Waals surface area contributed by atoms with Crippen molar-refractivity contribution >= 4 is 41.5 Å². The number of esters is 1. The SMILES string of the molecule is CCC(NC(=O)[C@H](CC(=O)OCc1ccccc1)NC(=O)CNC(=O)[C@H](COCc1ccccc1)NC(=O)[C@@H](NC(=O)OC(C)(C)C)C(C)C)C(=O)C(F)(F)F. The van der Waals surface area contributed by atoms with E-state index in [1.807, 2.05) is 5.32 Å². The quantitative estimate of drug-likeness (QED) is 0.124. The zero-order valence-electron chi connectivity index (χ0n) is 32.1. The number of hydrogen-bond donors (Lipinski definition) is 5. The summed E-state index contributed by atoms with van der Waals surface area (Å²) in [7, 11) is 0. The van der Waals surface area contributed by atoms with Gasteiger partial charge >= 0.3 is 18.2 Å². The maximum atomic E-state index is 13.4. The van der Waals surface area contributed by atoms with Gasteiger partial charge in [-0.05, 0) is 44.2 Å². The highest BCUT2D eigenvalue weighted by Crippen LogP contribution is 2.19. The number of alkyl carbamates (subject to hydrolysis) is 1. The third-order valence-electron chi connectivity index (χ3n) is 7.66. The maximum absolute atomic E-state index is 13.4. The first-order valence-electron chi connectivity index (χ1n) is 17.8. The van der Waals surface area contributed by atoms with Crippen molar-refractivity contribution in [2.45, 2.75) is 104 Å². The van der Waals surface area contributed by atoms with E-state index >= 15 is 0 Å². The van der Waals surface area contributed by atoms with Crippen LogP contribution in [0.3, 0.4) is 0 Å². The number of Topliss-reactive ketones (excluding diaryl/α,β-unsaturated/α-hetero) is 1. The predicted molar refractivity (Wildman–Crippen MR) is 195 cm³/mol. The summed E-state index contributed by atoms with van der Waals surface area (Å²) in [5, 5.41) is 11.4. The molecule has 0 aliphatic carbocycles. The lowest BCUT2D eigenvalue weighted by atomic mass is 10.0. The smallest absolute Gasteiger partial charge is 0.452 e. The molecule has 0 radical (unpaired) electrons. The van der Waals surface area contributed by atoms with Gasteiger partial charge in [0, 0.05) is 0 Å². The van der Waals surface area contributed by atoms with Crippen LogP contribution in [-0.2, 0) is 56.2 Å². The molecule has 308 valence electrons. The summed E-state index contributed by atoms with van der Waals surface area (Å²) in [5.41, 5.74) is 0.472. The van der Waals surface area contributed by atoms with Crippen LogP contribution in [-0.4, -0.2) is 90.6 Å². The molecule has 0 saturated heterocycles. The van der Waals surface area contributed by atoms with Gasteiger partial charge in [0.25, 0.3) is 5.78 Å². The molecule has 0 aliphatic rings. The van der Waals surface area contributed by atoms with Crippen LogP contribution in [0.5, 0.6) is 0 Å². The largest absolute Gasteiger partial charge is 0.461 e. The molecule has 4 atom stereocenters. The molecule has 2 rings (SSSR count). The van der Waals surface area contributed by atoms with Gasteiger partial charge < -0.3 is 40.8 Å². The number of rotatable bonds is 20. The van der Waals surface area contributed by atoms with Crippen LogP contribution >= 0.6 is 0 Å². The van der Waals surface area contributed by atoms with Gasteiger partial charge in [-0.25, -0.2) is 4.79 Å². The first-order valence-corrected chi connectivity index (χ1v) is 17.8. The fraction of sp³-hybridized carbons (Fsp3) is 0.500. The van der Waals surface area contributed by atoms with Crippen LogP contribution in [0.1, 0.15) is 65.5 Å². The molecule has 0 spiro atoms. The standard InChI is InChI=1S/C38H50F3N5O10/c1-7-26(32(49)38(39,40)41)44-34(51)27(18-30(48)55-21-25-16-12-9-13-17-25)43-29(47)19-42-33(50)28(22-54-20-24-14-10-8-11-15-24)45-35(52)31(23(2)3)46-36(53)56-37(4,5)6/h8-17,23,26-28,31H,7,18-22H2,1-6H3,(H,42,50)(H,43,47)(H,44,51)(H,45,52)(H,46,53)/t26?,27-,28-,31-/m0/s1. The number of carbonyl (C=O) groups is 7. The van der Waals surface area contributed by atoms with E-state index in [4.69, 9.17) is 14.2 Å². The van der Waals surface area contributed by atoms with Crippen molar-refractivity contribution in [3.8, 4) is 0 Å². The summed E-state index contributed by atoms with van der Waals surface area (Å²) < 4.78 is 55.6. The monoisotopic (exact) mass is 793 g/mol. The fourth-order valence-electron chi connectivity index (χ4n) is 4.81. The average Bonchev–Trinajstić information content (AvgIpc) is 3.12. The average molecular weight is 794 g/mol. The Hall–Kier alpha value is -5.52. The molecule has 2 aromatic carbocycles. The van der Waals surface area contributed by atoms with Crippen molar-refractivity contribution in [2.24, 2.45) is 5.92 Å². The number of hydrogen-bond acceptors (Lipinski definition) is 10. The number of ether oxygens (including phenoxy) is 3. The molecule has 2 aromatic rings. The van der Waals surface area contributed by atoms with Crippen molar-refractivity contribution in [3.63, 3.8) is 0 Å². The van der Waals surface area contributed by atoms with Crippen molar-refractivity contribution in [3.05, 3.63) is 71.8 Å². The minimum absolute atomic E-state index is 0.0392. The summed E-state index contributed by atoms with van der Waals surface area (Å²) in [6.45, 7) is 8.04. The van der Waals surface area contributed by atoms with E-state index in [0.29, 0.717) is 5.56 Å². The second-order valence-corrected chi connectivity index (χ2v) is 13.9. The third kappa shape index (κ3) is 17.3. The first-order chi connectivity index (χ1) is 26.2. The van der Waals surface area contributed by atoms with E-state index < -0.39 is 109 Å². The molecular weight excluding hydrogens is 743 g/mol. The number of amides is 5. The summed E-state index contributed by atoms with van der Waals surface area (Å²) in [5.74, 6) is -7.76. The normalized spacial score (nSPS) is 13.6. The third-order valence-corrected chi connectivity index (χ3v) is 7.66. The van der Waals surface area contributed by atoms with Gasteiger partial charge in [0.2, 0.25) is 23.6 Å². The molecule has 0 aromatic heterocycles. The Balaban J connectivity index is 2.21. The van der Waals surface area contributed by atoms with Gasteiger partial charge in [0.1, 0.15) is 30.3 Å². The molecule has 5 amide bonds. The Morgan fingerprint density at radius 2 is 1.25 bits per heavy atom. The summed E-state index contributed by atoms with van der Waals surface area (Å²) in [4.78, 5) is 90.0. The summed E-state index contributed by atoms with van der Waals surface area (Å²) in [6, 6.07) is 10.9. The van der Waals surface area contributed by atoms with Gasteiger partial charge in [0.05, 0.1) is 32.2 Å². The minimum Gasteiger partial charge on any atom is -0.461 e.